The second-order valence-electron chi connectivity index (χ2n) is 7.73. The molecule has 6 heteroatoms. The van der Waals surface area contributed by atoms with Crippen LogP contribution in [-0.2, 0) is 23.8 Å². The molecule has 0 saturated heterocycles. The predicted molar refractivity (Wildman–Crippen MR) is 129 cm³/mol. The molecule has 0 fully saturated rings. The molecule has 0 aliphatic heterocycles. The zero-order chi connectivity index (χ0) is 22.1. The SMILES string of the molecule is CC(C)C.COCc1cc(Sc2cc(Cl)cc(CCl)c2)n(Cc2ccncc2)c1C. The molecule has 1 aromatic carbocycles. The van der Waals surface area contributed by atoms with Crippen LogP contribution >= 0.6 is 35.0 Å². The van der Waals surface area contributed by atoms with E-state index in [9.17, 15) is 0 Å². The number of aromatic nitrogens is 2. The summed E-state index contributed by atoms with van der Waals surface area (Å²) in [5.41, 5.74) is 4.61. The van der Waals surface area contributed by atoms with Gasteiger partial charge in [0.15, 0.2) is 0 Å². The van der Waals surface area contributed by atoms with Gasteiger partial charge < -0.3 is 9.30 Å². The van der Waals surface area contributed by atoms with Gasteiger partial charge in [-0.1, -0.05) is 44.1 Å². The Morgan fingerprint density at radius 3 is 2.33 bits per heavy atom. The average molecular weight is 465 g/mol. The number of ether oxygens (including phenoxy) is 1. The Hall–Kier alpha value is -1.46. The fourth-order valence-corrected chi connectivity index (χ4v) is 4.43. The molecule has 0 saturated carbocycles. The minimum atomic E-state index is 0.445. The van der Waals surface area contributed by atoms with E-state index in [4.69, 9.17) is 27.9 Å². The third-order valence-electron chi connectivity index (χ3n) is 4.13. The van der Waals surface area contributed by atoms with Crippen molar-refractivity contribution in [2.45, 2.75) is 56.6 Å². The maximum absolute atomic E-state index is 6.25. The zero-order valence-corrected chi connectivity index (χ0v) is 20.6. The van der Waals surface area contributed by atoms with Crippen LogP contribution in [0.1, 0.15) is 43.2 Å². The Labute approximate surface area is 194 Å². The molecule has 0 N–H and O–H groups in total. The number of rotatable bonds is 7. The van der Waals surface area contributed by atoms with Crippen molar-refractivity contribution < 1.29 is 4.74 Å². The summed E-state index contributed by atoms with van der Waals surface area (Å²) in [7, 11) is 1.72. The first-order valence-electron chi connectivity index (χ1n) is 9.94. The minimum Gasteiger partial charge on any atom is -0.380 e. The molecule has 0 aliphatic rings. The maximum atomic E-state index is 6.25. The normalized spacial score (nSPS) is 10.8. The van der Waals surface area contributed by atoms with E-state index < -0.39 is 0 Å². The van der Waals surface area contributed by atoms with Crippen LogP contribution < -0.4 is 0 Å². The number of hydrogen-bond acceptors (Lipinski definition) is 3. The van der Waals surface area contributed by atoms with Crippen LogP contribution in [0.3, 0.4) is 0 Å². The smallest absolute Gasteiger partial charge is 0.0805 e. The van der Waals surface area contributed by atoms with Crippen molar-refractivity contribution in [1.29, 1.82) is 0 Å². The van der Waals surface area contributed by atoms with Crippen molar-refractivity contribution in [2.24, 2.45) is 5.92 Å². The van der Waals surface area contributed by atoms with Crippen LogP contribution in [-0.4, -0.2) is 16.7 Å². The van der Waals surface area contributed by atoms with E-state index in [1.807, 2.05) is 36.7 Å². The fourth-order valence-electron chi connectivity index (χ4n) is 2.80. The molecule has 0 bridgehead atoms. The molecule has 0 spiro atoms. The monoisotopic (exact) mass is 464 g/mol. The predicted octanol–water partition coefficient (Wildman–Crippen LogP) is 7.59. The van der Waals surface area contributed by atoms with Crippen LogP contribution in [0.25, 0.3) is 0 Å². The average Bonchev–Trinajstić information content (AvgIpc) is 2.97. The van der Waals surface area contributed by atoms with Crippen LogP contribution in [0.15, 0.2) is 58.7 Å². The Bertz CT molecular complexity index is 924. The Balaban J connectivity index is 0.000000735. The van der Waals surface area contributed by atoms with Crippen molar-refractivity contribution >= 4 is 35.0 Å². The lowest BCUT2D eigenvalue weighted by Crippen LogP contribution is -2.04. The number of halogens is 2. The van der Waals surface area contributed by atoms with E-state index in [0.717, 1.165) is 27.9 Å². The van der Waals surface area contributed by atoms with Crippen LogP contribution in [0.4, 0.5) is 0 Å². The van der Waals surface area contributed by atoms with Gasteiger partial charge in [-0.15, -0.1) is 11.6 Å². The second kappa shape index (κ2) is 12.4. The van der Waals surface area contributed by atoms with E-state index in [2.05, 4.69) is 49.4 Å². The number of benzene rings is 1. The maximum Gasteiger partial charge on any atom is 0.0805 e. The summed E-state index contributed by atoms with van der Waals surface area (Å²) in [4.78, 5) is 5.18. The quantitative estimate of drug-likeness (QED) is 0.336. The highest BCUT2D eigenvalue weighted by atomic mass is 35.5. The largest absolute Gasteiger partial charge is 0.380 e. The van der Waals surface area contributed by atoms with Gasteiger partial charge in [-0.3, -0.25) is 4.98 Å². The summed E-state index contributed by atoms with van der Waals surface area (Å²) >= 11 is 13.9. The number of nitrogens with zero attached hydrogens (tertiary/aromatic N) is 2. The standard InChI is InChI=1S/C20H20Cl2N2OS.C4H10/c1-14-17(13-25-2)9-20(24(14)12-15-3-5-23-6-4-15)26-19-8-16(11-21)7-18(22)10-19;1-4(2)3/h3-10H,11-13H2,1-2H3;4H,1-3H3. The molecule has 162 valence electrons. The lowest BCUT2D eigenvalue weighted by atomic mass is 10.2. The van der Waals surface area contributed by atoms with Crippen LogP contribution in [0, 0.1) is 12.8 Å². The number of methoxy groups -OCH3 is 1. The third kappa shape index (κ3) is 7.66. The summed E-state index contributed by atoms with van der Waals surface area (Å²) in [6, 6.07) is 12.2. The molecule has 3 nitrogen and oxygen atoms in total. The van der Waals surface area contributed by atoms with Gasteiger partial charge in [-0.2, -0.15) is 0 Å². The van der Waals surface area contributed by atoms with E-state index in [0.29, 0.717) is 17.5 Å². The first-order valence-corrected chi connectivity index (χ1v) is 11.7. The molecule has 3 aromatic rings. The number of hydrogen-bond donors (Lipinski definition) is 0. The van der Waals surface area contributed by atoms with Crippen LogP contribution in [0.5, 0.6) is 0 Å². The Morgan fingerprint density at radius 1 is 1.07 bits per heavy atom. The lowest BCUT2D eigenvalue weighted by Gasteiger charge is -2.12. The molecule has 30 heavy (non-hydrogen) atoms. The summed E-state index contributed by atoms with van der Waals surface area (Å²) < 4.78 is 7.66. The van der Waals surface area contributed by atoms with Crippen molar-refractivity contribution in [2.75, 3.05) is 7.11 Å². The molecule has 0 unspecified atom stereocenters. The fraction of sp³-hybridized carbons (Fsp3) is 0.375. The van der Waals surface area contributed by atoms with Gasteiger partial charge in [-0.25, -0.2) is 0 Å². The van der Waals surface area contributed by atoms with E-state index in [-0.39, 0.29) is 0 Å². The van der Waals surface area contributed by atoms with Crippen molar-refractivity contribution in [3.63, 3.8) is 0 Å². The Kier molecular flexibility index (Phi) is 10.3. The molecule has 0 amide bonds. The third-order valence-corrected chi connectivity index (χ3v) is 5.68. The van der Waals surface area contributed by atoms with E-state index in [1.54, 1.807) is 18.9 Å². The second-order valence-corrected chi connectivity index (χ2v) is 9.53. The topological polar surface area (TPSA) is 27.1 Å². The van der Waals surface area contributed by atoms with Crippen molar-refractivity contribution in [1.82, 2.24) is 9.55 Å². The highest BCUT2D eigenvalue weighted by Gasteiger charge is 2.14. The molecular formula is C24H30Cl2N2OS. The van der Waals surface area contributed by atoms with Gasteiger partial charge >= 0.3 is 0 Å². The summed E-state index contributed by atoms with van der Waals surface area (Å²) in [5.74, 6) is 1.28. The van der Waals surface area contributed by atoms with Gasteiger partial charge in [0.05, 0.1) is 11.6 Å². The van der Waals surface area contributed by atoms with E-state index in [1.165, 1.54) is 16.8 Å². The highest BCUT2D eigenvalue weighted by Crippen LogP contribution is 2.34. The first kappa shape index (κ1) is 24.8. The molecule has 0 atom stereocenters. The van der Waals surface area contributed by atoms with Crippen molar-refractivity contribution in [3.05, 3.63) is 76.2 Å². The summed E-state index contributed by atoms with van der Waals surface area (Å²) in [6.07, 6.45) is 3.64. The first-order chi connectivity index (χ1) is 14.3. The molecule has 2 aromatic heterocycles. The number of alkyl halides is 1. The highest BCUT2D eigenvalue weighted by molar-refractivity contribution is 7.99. The molecule has 3 rings (SSSR count). The van der Waals surface area contributed by atoms with Gasteiger partial charge in [0, 0.05) is 47.5 Å². The van der Waals surface area contributed by atoms with Gasteiger partial charge in [0.1, 0.15) is 0 Å². The van der Waals surface area contributed by atoms with Gasteiger partial charge in [0.2, 0.25) is 0 Å². The molecule has 0 radical (unpaired) electrons. The molecule has 2 heterocycles. The molecule has 0 aliphatic carbocycles. The van der Waals surface area contributed by atoms with Crippen molar-refractivity contribution in [3.8, 4) is 0 Å². The van der Waals surface area contributed by atoms with Crippen LogP contribution in [0.2, 0.25) is 5.02 Å². The Morgan fingerprint density at radius 2 is 1.73 bits per heavy atom. The van der Waals surface area contributed by atoms with E-state index >= 15 is 0 Å². The summed E-state index contributed by atoms with van der Waals surface area (Å²) in [5, 5.41) is 1.85. The molecular weight excluding hydrogens is 435 g/mol. The van der Waals surface area contributed by atoms with Gasteiger partial charge in [-0.05, 0) is 65.9 Å². The summed E-state index contributed by atoms with van der Waals surface area (Å²) in [6.45, 7) is 10.00. The minimum absolute atomic E-state index is 0.445. The number of pyridine rings is 1. The lowest BCUT2D eigenvalue weighted by molar-refractivity contribution is 0.184. The zero-order valence-electron chi connectivity index (χ0n) is 18.3. The van der Waals surface area contributed by atoms with Gasteiger partial charge in [0.25, 0.3) is 0 Å².